The van der Waals surface area contributed by atoms with E-state index in [9.17, 15) is 14.3 Å². The van der Waals surface area contributed by atoms with Crippen LogP contribution >= 0.6 is 11.6 Å². The van der Waals surface area contributed by atoms with E-state index in [1.54, 1.807) is 36.5 Å². The van der Waals surface area contributed by atoms with Gasteiger partial charge in [-0.15, -0.1) is 0 Å². The number of fused-ring (bicyclic) bond motifs is 1. The molecule has 2 saturated heterocycles. The molecule has 208 valence electrons. The van der Waals surface area contributed by atoms with Gasteiger partial charge < -0.3 is 19.1 Å². The minimum Gasteiger partial charge on any atom is -0.478 e. The van der Waals surface area contributed by atoms with Crippen molar-refractivity contribution in [1.29, 1.82) is 0 Å². The van der Waals surface area contributed by atoms with Crippen molar-refractivity contribution < 1.29 is 23.8 Å². The number of rotatable bonds is 9. The molecule has 2 aliphatic heterocycles. The molecule has 0 bridgehead atoms. The normalized spacial score (nSPS) is 18.1. The lowest BCUT2D eigenvalue weighted by Crippen LogP contribution is -2.39. The Morgan fingerprint density at radius 3 is 2.67 bits per heavy atom. The Morgan fingerprint density at radius 1 is 1.12 bits per heavy atom. The summed E-state index contributed by atoms with van der Waals surface area (Å²) in [6, 6.07) is 11.4. The number of benzene rings is 2. The zero-order valence-electron chi connectivity index (χ0n) is 21.8. The second-order valence-corrected chi connectivity index (χ2v) is 10.7. The largest absolute Gasteiger partial charge is 0.478 e. The van der Waals surface area contributed by atoms with Crippen molar-refractivity contribution in [2.75, 3.05) is 19.7 Å². The number of ether oxygens (including phenoxy) is 2. The van der Waals surface area contributed by atoms with Gasteiger partial charge in [0.2, 0.25) is 5.88 Å². The summed E-state index contributed by atoms with van der Waals surface area (Å²) in [5.41, 5.74) is 2.31. The van der Waals surface area contributed by atoms with Crippen molar-refractivity contribution in [3.8, 4) is 5.88 Å². The number of piperidine rings is 1. The summed E-state index contributed by atoms with van der Waals surface area (Å²) in [6.45, 7) is 3.77. The molecule has 0 saturated carbocycles. The molecule has 0 amide bonds. The molecule has 9 nitrogen and oxygen atoms in total. The molecule has 40 heavy (non-hydrogen) atoms. The zero-order valence-corrected chi connectivity index (χ0v) is 22.6. The highest BCUT2D eigenvalue weighted by Gasteiger charge is 2.26. The Kier molecular flexibility index (Phi) is 7.64. The fourth-order valence-electron chi connectivity index (χ4n) is 5.19. The van der Waals surface area contributed by atoms with Crippen LogP contribution in [0.25, 0.3) is 11.0 Å². The number of imidazole rings is 1. The van der Waals surface area contributed by atoms with Gasteiger partial charge >= 0.3 is 5.97 Å². The third kappa shape index (κ3) is 5.94. The van der Waals surface area contributed by atoms with E-state index in [4.69, 9.17) is 26.1 Å². The quantitative estimate of drug-likeness (QED) is 0.310. The van der Waals surface area contributed by atoms with Crippen LogP contribution in [0.1, 0.15) is 46.8 Å². The minimum atomic E-state index is -0.963. The molecule has 1 unspecified atom stereocenters. The Labute approximate surface area is 235 Å². The number of aromatic nitrogens is 4. The Bertz CT molecular complexity index is 1530. The van der Waals surface area contributed by atoms with Crippen molar-refractivity contribution in [3.05, 3.63) is 82.3 Å². The number of carboxylic acid groups (broad SMARTS) is 1. The number of carbonyl (C=O) groups is 1. The Hall–Kier alpha value is -3.60. The SMILES string of the molecule is O=C(O)c1ccc2c(c1)nc(CN1CCC(Oc3ccnc(Cc4ccc(Cl)cc4F)n3)CC1)n2CC1CCO1. The third-order valence-electron chi connectivity index (χ3n) is 7.48. The van der Waals surface area contributed by atoms with Crippen LogP contribution in [-0.2, 0) is 24.2 Å². The van der Waals surface area contributed by atoms with Crippen LogP contribution in [0.5, 0.6) is 5.88 Å². The van der Waals surface area contributed by atoms with Gasteiger partial charge in [0.05, 0.1) is 35.8 Å². The van der Waals surface area contributed by atoms with E-state index in [-0.39, 0.29) is 30.0 Å². The number of hydrogen-bond donors (Lipinski definition) is 1. The maximum atomic E-state index is 14.2. The Morgan fingerprint density at radius 2 is 1.95 bits per heavy atom. The second kappa shape index (κ2) is 11.5. The van der Waals surface area contributed by atoms with Crippen LogP contribution in [0.3, 0.4) is 0 Å². The van der Waals surface area contributed by atoms with Crippen LogP contribution in [0.4, 0.5) is 4.39 Å². The average Bonchev–Trinajstić information content (AvgIpc) is 3.25. The van der Waals surface area contributed by atoms with Gasteiger partial charge in [-0.1, -0.05) is 17.7 Å². The molecule has 4 heterocycles. The first kappa shape index (κ1) is 26.6. The van der Waals surface area contributed by atoms with Crippen LogP contribution in [0, 0.1) is 5.82 Å². The van der Waals surface area contributed by atoms with E-state index in [0.717, 1.165) is 50.3 Å². The van der Waals surface area contributed by atoms with Gasteiger partial charge in [0.25, 0.3) is 0 Å². The van der Waals surface area contributed by atoms with Crippen LogP contribution in [0.15, 0.2) is 48.7 Å². The summed E-state index contributed by atoms with van der Waals surface area (Å²) >= 11 is 5.86. The van der Waals surface area contributed by atoms with E-state index in [1.807, 2.05) is 6.07 Å². The standard InChI is InChI=1S/C29H29ClFN5O4/c30-20-3-1-18(23(31)15-20)14-26-32-9-5-28(34-26)40-21-6-10-35(11-7-21)17-27-33-24-13-19(29(37)38)2-4-25(24)36(27)16-22-8-12-39-22/h1-5,9,13,15,21-22H,6-8,10-12,14,16-17H2,(H,37,38). The molecular weight excluding hydrogens is 537 g/mol. The topological polar surface area (TPSA) is 103 Å². The van der Waals surface area contributed by atoms with E-state index in [1.165, 1.54) is 6.07 Å². The van der Waals surface area contributed by atoms with E-state index < -0.39 is 5.97 Å². The molecule has 6 rings (SSSR count). The van der Waals surface area contributed by atoms with E-state index >= 15 is 0 Å². The van der Waals surface area contributed by atoms with Gasteiger partial charge in [-0.25, -0.2) is 19.2 Å². The van der Waals surface area contributed by atoms with Crippen molar-refractivity contribution in [3.63, 3.8) is 0 Å². The first-order valence-electron chi connectivity index (χ1n) is 13.4. The van der Waals surface area contributed by atoms with Crippen molar-refractivity contribution in [2.24, 2.45) is 0 Å². The minimum absolute atomic E-state index is 0.00610. The molecule has 0 spiro atoms. The fourth-order valence-corrected chi connectivity index (χ4v) is 5.35. The number of halogens is 2. The van der Waals surface area contributed by atoms with Gasteiger partial charge in [-0.2, -0.15) is 4.98 Å². The summed E-state index contributed by atoms with van der Waals surface area (Å²) in [7, 11) is 0. The van der Waals surface area contributed by atoms with Crippen molar-refractivity contribution >= 4 is 28.6 Å². The molecule has 2 aliphatic rings. The molecule has 1 atom stereocenters. The lowest BCUT2D eigenvalue weighted by molar-refractivity contribution is -0.0592. The monoisotopic (exact) mass is 565 g/mol. The molecular formula is C29H29ClFN5O4. The van der Waals surface area contributed by atoms with E-state index in [0.29, 0.717) is 40.9 Å². The van der Waals surface area contributed by atoms with Crippen molar-refractivity contribution in [1.82, 2.24) is 24.4 Å². The highest BCUT2D eigenvalue weighted by Crippen LogP contribution is 2.25. The summed E-state index contributed by atoms with van der Waals surface area (Å²) in [4.78, 5) is 27.4. The average molecular weight is 566 g/mol. The highest BCUT2D eigenvalue weighted by atomic mass is 35.5. The summed E-state index contributed by atoms with van der Waals surface area (Å²) in [5.74, 6) is 0.523. The predicted molar refractivity (Wildman–Crippen MR) is 146 cm³/mol. The lowest BCUT2D eigenvalue weighted by Gasteiger charge is -2.32. The summed E-state index contributed by atoms with van der Waals surface area (Å²) < 4.78 is 28.2. The number of nitrogens with zero attached hydrogens (tertiary/aromatic N) is 5. The fraction of sp³-hybridized carbons (Fsp3) is 0.379. The molecule has 2 aromatic heterocycles. The lowest BCUT2D eigenvalue weighted by atomic mass is 10.1. The number of aromatic carboxylic acids is 1. The number of carboxylic acids is 1. The molecule has 0 aliphatic carbocycles. The molecule has 11 heteroatoms. The third-order valence-corrected chi connectivity index (χ3v) is 7.72. The molecule has 0 radical (unpaired) electrons. The highest BCUT2D eigenvalue weighted by molar-refractivity contribution is 6.30. The van der Waals surface area contributed by atoms with Gasteiger partial charge in [-0.3, -0.25) is 4.90 Å². The number of hydrogen-bond acceptors (Lipinski definition) is 7. The molecule has 4 aromatic rings. The van der Waals surface area contributed by atoms with Crippen LogP contribution < -0.4 is 4.74 Å². The predicted octanol–water partition coefficient (Wildman–Crippen LogP) is 4.74. The van der Waals surface area contributed by atoms with Gasteiger partial charge in [0.15, 0.2) is 0 Å². The maximum absolute atomic E-state index is 14.2. The first-order valence-corrected chi connectivity index (χ1v) is 13.8. The van der Waals surface area contributed by atoms with Crippen LogP contribution in [-0.4, -0.2) is 67.4 Å². The summed E-state index contributed by atoms with van der Waals surface area (Å²) in [5, 5.41) is 9.75. The van der Waals surface area contributed by atoms with Gasteiger partial charge in [0, 0.05) is 43.4 Å². The van der Waals surface area contributed by atoms with Crippen molar-refractivity contribution in [2.45, 2.75) is 51.0 Å². The Balaban J connectivity index is 1.09. The van der Waals surface area contributed by atoms with Gasteiger partial charge in [0.1, 0.15) is 23.6 Å². The van der Waals surface area contributed by atoms with E-state index in [2.05, 4.69) is 19.4 Å². The number of likely N-dealkylation sites (tertiary alicyclic amines) is 1. The maximum Gasteiger partial charge on any atom is 0.335 e. The first-order chi connectivity index (χ1) is 19.4. The summed E-state index contributed by atoms with van der Waals surface area (Å²) in [6.07, 6.45) is 4.69. The zero-order chi connectivity index (χ0) is 27.6. The van der Waals surface area contributed by atoms with Crippen LogP contribution in [0.2, 0.25) is 5.02 Å². The molecule has 2 aromatic carbocycles. The van der Waals surface area contributed by atoms with Gasteiger partial charge in [-0.05, 0) is 55.2 Å². The molecule has 2 fully saturated rings. The molecule has 1 N–H and O–H groups in total. The second-order valence-electron chi connectivity index (χ2n) is 10.2. The smallest absolute Gasteiger partial charge is 0.335 e.